The molecule has 12 heteroatoms. The van der Waals surface area contributed by atoms with E-state index >= 15 is 0 Å². The molecular weight excluding hydrogens is 576 g/mol. The smallest absolute Gasteiger partial charge is 0.310 e. The predicted octanol–water partition coefficient (Wildman–Crippen LogP) is 4.42. The maximum atomic E-state index is 13.5. The molecule has 0 spiro atoms. The summed E-state index contributed by atoms with van der Waals surface area (Å²) >= 11 is 5.78. The topological polar surface area (TPSA) is 115 Å². The molecule has 2 N–H and O–H groups in total. The fraction of sp³-hybridized carbons (Fsp3) is 0.355. The van der Waals surface area contributed by atoms with Crippen LogP contribution >= 0.6 is 12.2 Å². The highest BCUT2D eigenvalue weighted by Crippen LogP contribution is 2.55. The lowest BCUT2D eigenvalue weighted by atomic mass is 9.65. The Hall–Kier alpha value is -4.58. The van der Waals surface area contributed by atoms with E-state index in [2.05, 4.69) is 10.6 Å². The van der Waals surface area contributed by atoms with E-state index in [4.69, 9.17) is 50.1 Å². The third kappa shape index (κ3) is 4.95. The average molecular weight is 609 g/mol. The number of cyclic esters (lactones) is 1. The van der Waals surface area contributed by atoms with Gasteiger partial charge >= 0.3 is 5.97 Å². The zero-order valence-electron chi connectivity index (χ0n) is 24.3. The van der Waals surface area contributed by atoms with Gasteiger partial charge in [-0.2, -0.15) is 0 Å². The van der Waals surface area contributed by atoms with Crippen molar-refractivity contribution in [3.8, 4) is 40.2 Å². The molecule has 2 aliphatic heterocycles. The number of anilines is 1. The molecule has 3 aromatic carbocycles. The summed E-state index contributed by atoms with van der Waals surface area (Å²) in [4.78, 5) is 13.5. The minimum atomic E-state index is -0.536. The second kappa shape index (κ2) is 11.6. The van der Waals surface area contributed by atoms with Gasteiger partial charge in [0.1, 0.15) is 11.5 Å². The summed E-state index contributed by atoms with van der Waals surface area (Å²) < 4.78 is 44.9. The van der Waals surface area contributed by atoms with Gasteiger partial charge in [0, 0.05) is 17.9 Å². The summed E-state index contributed by atoms with van der Waals surface area (Å²) in [6.07, 6.45) is 0. The molecule has 3 aromatic rings. The molecule has 4 atom stereocenters. The van der Waals surface area contributed by atoms with Crippen molar-refractivity contribution in [2.75, 3.05) is 54.3 Å². The third-order valence-corrected chi connectivity index (χ3v) is 8.40. The summed E-state index contributed by atoms with van der Waals surface area (Å²) in [7, 11) is 7.84. The monoisotopic (exact) mass is 608 g/mol. The molecule has 43 heavy (non-hydrogen) atoms. The molecule has 0 amide bonds. The molecular formula is C31H32N2O9S. The molecule has 1 aliphatic carbocycles. The number of thiocarbonyl (C=S) groups is 1. The summed E-state index contributed by atoms with van der Waals surface area (Å²) in [5, 5.41) is 7.04. The molecule has 3 aliphatic rings. The van der Waals surface area contributed by atoms with Crippen LogP contribution in [0.1, 0.15) is 28.7 Å². The maximum absolute atomic E-state index is 13.5. The van der Waals surface area contributed by atoms with Crippen LogP contribution in [0.5, 0.6) is 40.2 Å². The first-order valence-electron chi connectivity index (χ1n) is 13.6. The molecule has 0 saturated carbocycles. The molecule has 226 valence electrons. The third-order valence-electron chi connectivity index (χ3n) is 8.18. The number of fused-ring (bicyclic) bond motifs is 3. The number of hydrogen-bond acceptors (Lipinski definition) is 10. The Balaban J connectivity index is 1.43. The molecule has 0 unspecified atom stereocenters. The largest absolute Gasteiger partial charge is 0.497 e. The summed E-state index contributed by atoms with van der Waals surface area (Å²) in [6.45, 7) is 0.321. The number of rotatable bonds is 8. The minimum Gasteiger partial charge on any atom is -0.497 e. The van der Waals surface area contributed by atoms with Gasteiger partial charge in [-0.15, -0.1) is 0 Å². The number of carbonyl (C=O) groups is 1. The van der Waals surface area contributed by atoms with E-state index in [-0.39, 0.29) is 31.3 Å². The number of ether oxygens (including phenoxy) is 8. The fourth-order valence-corrected chi connectivity index (χ4v) is 6.47. The zero-order chi connectivity index (χ0) is 30.2. The highest BCUT2D eigenvalue weighted by molar-refractivity contribution is 7.80. The summed E-state index contributed by atoms with van der Waals surface area (Å²) in [5.74, 6) is 2.38. The Kier molecular flexibility index (Phi) is 7.70. The van der Waals surface area contributed by atoms with Gasteiger partial charge in [-0.1, -0.05) is 0 Å². The van der Waals surface area contributed by atoms with E-state index in [1.165, 1.54) is 0 Å². The Morgan fingerprint density at radius 1 is 0.814 bits per heavy atom. The highest BCUT2D eigenvalue weighted by Gasteiger charge is 2.53. The van der Waals surface area contributed by atoms with Crippen molar-refractivity contribution >= 4 is 29.0 Å². The van der Waals surface area contributed by atoms with Gasteiger partial charge in [0.05, 0.1) is 59.8 Å². The van der Waals surface area contributed by atoms with Crippen molar-refractivity contribution in [2.24, 2.45) is 11.8 Å². The van der Waals surface area contributed by atoms with Crippen molar-refractivity contribution in [1.82, 2.24) is 5.32 Å². The van der Waals surface area contributed by atoms with Crippen molar-refractivity contribution in [2.45, 2.75) is 12.0 Å². The first-order chi connectivity index (χ1) is 20.9. The number of carbonyl (C=O) groups excluding carboxylic acids is 1. The quantitative estimate of drug-likeness (QED) is 0.279. The van der Waals surface area contributed by atoms with Crippen LogP contribution in [0.4, 0.5) is 5.69 Å². The molecule has 6 rings (SSSR count). The van der Waals surface area contributed by atoms with Crippen LogP contribution < -0.4 is 43.8 Å². The minimum absolute atomic E-state index is 0.108. The van der Waals surface area contributed by atoms with E-state index < -0.39 is 11.8 Å². The van der Waals surface area contributed by atoms with Gasteiger partial charge in [0.15, 0.2) is 28.1 Å². The van der Waals surface area contributed by atoms with E-state index in [0.717, 1.165) is 16.7 Å². The van der Waals surface area contributed by atoms with Gasteiger partial charge in [-0.3, -0.25) is 4.79 Å². The van der Waals surface area contributed by atoms with Crippen LogP contribution in [0.25, 0.3) is 0 Å². The molecule has 0 aromatic heterocycles. The molecule has 2 heterocycles. The Bertz CT molecular complexity index is 1550. The van der Waals surface area contributed by atoms with Gasteiger partial charge in [-0.05, 0) is 65.3 Å². The number of benzene rings is 3. The lowest BCUT2D eigenvalue weighted by molar-refractivity contribution is -0.141. The van der Waals surface area contributed by atoms with Crippen molar-refractivity contribution in [3.63, 3.8) is 0 Å². The van der Waals surface area contributed by atoms with Crippen LogP contribution in [0.2, 0.25) is 0 Å². The molecule has 11 nitrogen and oxygen atoms in total. The van der Waals surface area contributed by atoms with Gasteiger partial charge in [0.25, 0.3) is 0 Å². The Morgan fingerprint density at radius 3 is 2.12 bits per heavy atom. The van der Waals surface area contributed by atoms with Crippen LogP contribution in [-0.4, -0.2) is 60.0 Å². The fourth-order valence-electron chi connectivity index (χ4n) is 6.23. The molecule has 0 bridgehead atoms. The maximum Gasteiger partial charge on any atom is 0.310 e. The first-order valence-corrected chi connectivity index (χ1v) is 14.0. The standard InChI is InChI=1S/C31H32N2O9S/c1-35-16-6-7-20(21(10-16)36-2)32-31(43)33-28-18-12-23-22(41-14-42-23)11-17(18)26(27-19(28)13-40-30(27)34)15-8-24(37-3)29(39-5)25(9-15)38-4/h6-12,19,26-28H,13-14H2,1-5H3,(H2,32,33,43)/t19-,26+,27-,28+/m0/s1. The lowest BCUT2D eigenvalue weighted by Gasteiger charge is -2.40. The van der Waals surface area contributed by atoms with E-state index in [1.807, 2.05) is 36.4 Å². The summed E-state index contributed by atoms with van der Waals surface area (Å²) in [5.41, 5.74) is 3.26. The van der Waals surface area contributed by atoms with Crippen molar-refractivity contribution < 1.29 is 42.7 Å². The lowest BCUT2D eigenvalue weighted by Crippen LogP contribution is -2.44. The predicted molar refractivity (Wildman–Crippen MR) is 160 cm³/mol. The van der Waals surface area contributed by atoms with Crippen LogP contribution in [0.15, 0.2) is 42.5 Å². The number of methoxy groups -OCH3 is 5. The second-order valence-electron chi connectivity index (χ2n) is 10.2. The van der Waals surface area contributed by atoms with Crippen LogP contribution in [0.3, 0.4) is 0 Å². The number of nitrogens with one attached hydrogen (secondary N) is 2. The van der Waals surface area contributed by atoms with E-state index in [0.29, 0.717) is 51.0 Å². The Labute approximate surface area is 254 Å². The SMILES string of the molecule is COc1ccc(NC(=S)N[C@@H]2c3cc4c(cc3[C@@H](c3cc(OC)c(OC)c(OC)c3)[C@H]3C(=O)OC[C@@H]32)OCO4)c(OC)c1. The highest BCUT2D eigenvalue weighted by atomic mass is 32.1. The molecule has 1 fully saturated rings. The van der Waals surface area contributed by atoms with Gasteiger partial charge in [-0.25, -0.2) is 0 Å². The van der Waals surface area contributed by atoms with Crippen molar-refractivity contribution in [3.05, 3.63) is 59.2 Å². The zero-order valence-corrected chi connectivity index (χ0v) is 25.2. The van der Waals surface area contributed by atoms with Gasteiger partial charge < -0.3 is 48.5 Å². The van der Waals surface area contributed by atoms with Crippen LogP contribution in [0, 0.1) is 11.8 Å². The average Bonchev–Trinajstić information content (AvgIpc) is 3.65. The van der Waals surface area contributed by atoms with Gasteiger partial charge in [0.2, 0.25) is 12.5 Å². The van der Waals surface area contributed by atoms with E-state index in [9.17, 15) is 4.79 Å². The van der Waals surface area contributed by atoms with E-state index in [1.54, 1.807) is 41.6 Å². The number of hydrogen-bond donors (Lipinski definition) is 2. The molecule has 1 saturated heterocycles. The first kappa shape index (κ1) is 28.5. The second-order valence-corrected chi connectivity index (χ2v) is 10.6. The van der Waals surface area contributed by atoms with Crippen LogP contribution in [-0.2, 0) is 9.53 Å². The Morgan fingerprint density at radius 2 is 1.49 bits per heavy atom. The molecule has 0 radical (unpaired) electrons. The van der Waals surface area contributed by atoms with Crippen molar-refractivity contribution in [1.29, 1.82) is 0 Å². The summed E-state index contributed by atoms with van der Waals surface area (Å²) in [6, 6.07) is 12.7. The normalized spacial score (nSPS) is 21.2. The number of esters is 1.